The molecule has 1 heterocycles. The van der Waals surface area contributed by atoms with Crippen molar-refractivity contribution in [2.75, 3.05) is 12.4 Å². The van der Waals surface area contributed by atoms with Crippen molar-refractivity contribution in [2.45, 2.75) is 37.4 Å². The average molecular weight is 228 g/mol. The summed E-state index contributed by atoms with van der Waals surface area (Å²) in [6.07, 6.45) is 5.42. The van der Waals surface area contributed by atoms with Crippen LogP contribution in [0.25, 0.3) is 0 Å². The Morgan fingerprint density at radius 2 is 2.20 bits per heavy atom. The normalized spacial score (nSPS) is 17.4. The zero-order valence-electron chi connectivity index (χ0n) is 8.67. The highest BCUT2D eigenvalue weighted by Gasteiger charge is 2.16. The minimum absolute atomic E-state index is 0.0853. The van der Waals surface area contributed by atoms with E-state index in [0.717, 1.165) is 16.8 Å². The van der Waals surface area contributed by atoms with Gasteiger partial charge in [0.05, 0.1) is 13.2 Å². The third-order valence-corrected chi connectivity index (χ3v) is 3.92. The van der Waals surface area contributed by atoms with Gasteiger partial charge < -0.3 is 5.11 Å². The molecule has 0 saturated heterocycles. The zero-order valence-corrected chi connectivity index (χ0v) is 9.49. The zero-order chi connectivity index (χ0) is 10.5. The van der Waals surface area contributed by atoms with Crippen molar-refractivity contribution >= 4 is 11.8 Å². The van der Waals surface area contributed by atoms with E-state index in [1.165, 1.54) is 25.7 Å². The third-order valence-electron chi connectivity index (χ3n) is 2.73. The molecular weight excluding hydrogens is 212 g/mol. The third kappa shape index (κ3) is 2.92. The highest BCUT2D eigenvalue weighted by Crippen LogP contribution is 2.29. The summed E-state index contributed by atoms with van der Waals surface area (Å²) in [5, 5.41) is 21.0. The van der Waals surface area contributed by atoms with E-state index in [0.29, 0.717) is 6.54 Å². The largest absolute Gasteiger partial charge is 0.394 e. The molecule has 5 nitrogen and oxygen atoms in total. The molecule has 0 amide bonds. The van der Waals surface area contributed by atoms with Gasteiger partial charge in [0.15, 0.2) is 0 Å². The molecule has 1 saturated carbocycles. The molecule has 1 aromatic rings. The quantitative estimate of drug-likeness (QED) is 0.760. The summed E-state index contributed by atoms with van der Waals surface area (Å²) < 4.78 is 1.67. The van der Waals surface area contributed by atoms with Gasteiger partial charge in [-0.25, -0.2) is 4.68 Å². The SMILES string of the molecule is OCCn1nnnc1SCC1CCCC1. The molecule has 0 unspecified atom stereocenters. The molecule has 1 aliphatic carbocycles. The van der Waals surface area contributed by atoms with Crippen molar-refractivity contribution in [3.05, 3.63) is 0 Å². The maximum absolute atomic E-state index is 8.82. The molecule has 1 aromatic heterocycles. The first-order valence-corrected chi connectivity index (χ1v) is 6.38. The lowest BCUT2D eigenvalue weighted by Gasteiger charge is -2.07. The van der Waals surface area contributed by atoms with E-state index in [4.69, 9.17) is 5.11 Å². The lowest BCUT2D eigenvalue weighted by atomic mass is 10.1. The number of nitrogens with zero attached hydrogens (tertiary/aromatic N) is 4. The lowest BCUT2D eigenvalue weighted by Crippen LogP contribution is -2.07. The van der Waals surface area contributed by atoms with Gasteiger partial charge in [-0.05, 0) is 29.2 Å². The van der Waals surface area contributed by atoms with Gasteiger partial charge in [0.1, 0.15) is 0 Å². The second-order valence-electron chi connectivity index (χ2n) is 3.87. The Kier molecular flexibility index (Phi) is 3.96. The van der Waals surface area contributed by atoms with Gasteiger partial charge in [0.2, 0.25) is 5.16 Å². The number of aromatic nitrogens is 4. The van der Waals surface area contributed by atoms with E-state index in [1.807, 2.05) is 0 Å². The minimum Gasteiger partial charge on any atom is -0.394 e. The van der Waals surface area contributed by atoms with Crippen molar-refractivity contribution in [3.8, 4) is 0 Å². The second-order valence-corrected chi connectivity index (χ2v) is 4.86. The summed E-state index contributed by atoms with van der Waals surface area (Å²) >= 11 is 1.71. The van der Waals surface area contributed by atoms with Gasteiger partial charge in [-0.3, -0.25) is 0 Å². The van der Waals surface area contributed by atoms with E-state index < -0.39 is 0 Å². The van der Waals surface area contributed by atoms with Crippen LogP contribution in [0.15, 0.2) is 5.16 Å². The lowest BCUT2D eigenvalue weighted by molar-refractivity contribution is 0.262. The first-order chi connectivity index (χ1) is 7.40. The molecule has 15 heavy (non-hydrogen) atoms. The number of thioether (sulfide) groups is 1. The van der Waals surface area contributed by atoms with Crippen LogP contribution in [0.5, 0.6) is 0 Å². The van der Waals surface area contributed by atoms with Crippen molar-refractivity contribution in [2.24, 2.45) is 5.92 Å². The van der Waals surface area contributed by atoms with Crippen LogP contribution in [0.1, 0.15) is 25.7 Å². The van der Waals surface area contributed by atoms with Gasteiger partial charge in [-0.2, -0.15) is 0 Å². The van der Waals surface area contributed by atoms with Crippen molar-refractivity contribution in [1.82, 2.24) is 20.2 Å². The minimum atomic E-state index is 0.0853. The topological polar surface area (TPSA) is 63.8 Å². The summed E-state index contributed by atoms with van der Waals surface area (Å²) in [5.41, 5.74) is 0. The Labute approximate surface area is 93.2 Å². The number of aliphatic hydroxyl groups excluding tert-OH is 1. The number of hydrogen-bond donors (Lipinski definition) is 1. The summed E-state index contributed by atoms with van der Waals surface area (Å²) in [6, 6.07) is 0. The van der Waals surface area contributed by atoms with Crippen molar-refractivity contribution in [1.29, 1.82) is 0 Å². The standard InChI is InChI=1S/C9H16N4OS/c14-6-5-13-9(10-11-12-13)15-7-8-3-1-2-4-8/h8,14H,1-7H2. The van der Waals surface area contributed by atoms with Crippen molar-refractivity contribution in [3.63, 3.8) is 0 Å². The van der Waals surface area contributed by atoms with Crippen LogP contribution in [-0.2, 0) is 6.54 Å². The predicted octanol–water partition coefficient (Wildman–Crippen LogP) is 0.948. The average Bonchev–Trinajstić information content (AvgIpc) is 2.85. The van der Waals surface area contributed by atoms with E-state index in [1.54, 1.807) is 16.4 Å². The van der Waals surface area contributed by atoms with Gasteiger partial charge in [-0.15, -0.1) is 5.10 Å². The summed E-state index contributed by atoms with van der Waals surface area (Å²) in [4.78, 5) is 0. The van der Waals surface area contributed by atoms with Crippen LogP contribution < -0.4 is 0 Å². The molecule has 6 heteroatoms. The number of hydrogen-bond acceptors (Lipinski definition) is 5. The van der Waals surface area contributed by atoms with Crippen LogP contribution in [0.4, 0.5) is 0 Å². The Bertz CT molecular complexity index is 298. The summed E-state index contributed by atoms with van der Waals surface area (Å²) in [6.45, 7) is 0.571. The maximum atomic E-state index is 8.82. The van der Waals surface area contributed by atoms with E-state index in [2.05, 4.69) is 15.5 Å². The van der Waals surface area contributed by atoms with Crippen LogP contribution in [-0.4, -0.2) is 37.7 Å². The fraction of sp³-hybridized carbons (Fsp3) is 0.889. The molecule has 1 fully saturated rings. The Hall–Kier alpha value is -0.620. The smallest absolute Gasteiger partial charge is 0.209 e. The Morgan fingerprint density at radius 3 is 2.93 bits per heavy atom. The van der Waals surface area contributed by atoms with E-state index in [-0.39, 0.29) is 6.61 Å². The number of rotatable bonds is 5. The van der Waals surface area contributed by atoms with E-state index in [9.17, 15) is 0 Å². The molecule has 1 N–H and O–H groups in total. The maximum Gasteiger partial charge on any atom is 0.209 e. The number of aliphatic hydroxyl groups is 1. The molecule has 0 aliphatic heterocycles. The molecule has 1 aliphatic rings. The molecule has 0 atom stereocenters. The first kappa shape index (κ1) is 10.9. The first-order valence-electron chi connectivity index (χ1n) is 5.40. The van der Waals surface area contributed by atoms with Gasteiger partial charge >= 0.3 is 0 Å². The fourth-order valence-corrected chi connectivity index (χ4v) is 2.99. The molecule has 2 rings (SSSR count). The van der Waals surface area contributed by atoms with Crippen LogP contribution >= 0.6 is 11.8 Å². The molecular formula is C9H16N4OS. The van der Waals surface area contributed by atoms with Crippen LogP contribution in [0, 0.1) is 5.92 Å². The predicted molar refractivity (Wildman–Crippen MR) is 57.6 cm³/mol. The van der Waals surface area contributed by atoms with E-state index >= 15 is 0 Å². The van der Waals surface area contributed by atoms with Gasteiger partial charge in [0.25, 0.3) is 0 Å². The molecule has 0 radical (unpaired) electrons. The van der Waals surface area contributed by atoms with Gasteiger partial charge in [-0.1, -0.05) is 24.6 Å². The Morgan fingerprint density at radius 1 is 1.40 bits per heavy atom. The van der Waals surface area contributed by atoms with Gasteiger partial charge in [0, 0.05) is 5.75 Å². The molecule has 0 bridgehead atoms. The van der Waals surface area contributed by atoms with Crippen LogP contribution in [0.2, 0.25) is 0 Å². The second kappa shape index (κ2) is 5.46. The monoisotopic (exact) mass is 228 g/mol. The summed E-state index contributed by atoms with van der Waals surface area (Å²) in [7, 11) is 0. The molecule has 0 spiro atoms. The fourth-order valence-electron chi connectivity index (χ4n) is 1.90. The van der Waals surface area contributed by atoms with Crippen LogP contribution in [0.3, 0.4) is 0 Å². The highest BCUT2D eigenvalue weighted by atomic mass is 32.2. The van der Waals surface area contributed by atoms with Crippen molar-refractivity contribution < 1.29 is 5.11 Å². The number of tetrazole rings is 1. The highest BCUT2D eigenvalue weighted by molar-refractivity contribution is 7.99. The molecule has 0 aromatic carbocycles. The summed E-state index contributed by atoms with van der Waals surface area (Å²) in [5.74, 6) is 1.93. The molecule has 84 valence electrons. The Balaban J connectivity index is 1.83.